The molecular weight excluding hydrogens is 232 g/mol. The first kappa shape index (κ1) is 13.9. The van der Waals surface area contributed by atoms with E-state index in [2.05, 4.69) is 11.9 Å². The van der Waals surface area contributed by atoms with Crippen LogP contribution in [-0.4, -0.2) is 23.0 Å². The van der Waals surface area contributed by atoms with Gasteiger partial charge in [-0.25, -0.2) is 0 Å². The zero-order valence-corrected chi connectivity index (χ0v) is 9.93. The van der Waals surface area contributed by atoms with Crippen LogP contribution in [0.4, 0.5) is 0 Å². The summed E-state index contributed by atoms with van der Waals surface area (Å²) in [5, 5.41) is 11.3. The van der Waals surface area contributed by atoms with Gasteiger partial charge in [0.1, 0.15) is 6.04 Å². The van der Waals surface area contributed by atoms with E-state index in [1.54, 1.807) is 0 Å². The van der Waals surface area contributed by atoms with Crippen molar-refractivity contribution in [2.45, 2.75) is 19.0 Å². The molecule has 1 amide bonds. The SMILES string of the molecule is C=C(C[C@H](N)C(=O)O)C(=O)NCc1ccccc1. The number of rotatable bonds is 6. The lowest BCUT2D eigenvalue weighted by Crippen LogP contribution is -2.33. The molecule has 18 heavy (non-hydrogen) atoms. The highest BCUT2D eigenvalue weighted by Crippen LogP contribution is 2.03. The lowest BCUT2D eigenvalue weighted by molar-refractivity contribution is -0.138. The van der Waals surface area contributed by atoms with Crippen LogP contribution < -0.4 is 11.1 Å². The molecule has 0 aliphatic heterocycles. The highest BCUT2D eigenvalue weighted by Gasteiger charge is 2.16. The van der Waals surface area contributed by atoms with Crippen LogP contribution >= 0.6 is 0 Å². The number of nitrogens with one attached hydrogen (secondary N) is 1. The standard InChI is InChI=1S/C13H16N2O3/c1-9(7-11(14)13(17)18)12(16)15-8-10-5-3-2-4-6-10/h2-6,11H,1,7-8,14H2,(H,15,16)(H,17,18)/t11-/m0/s1. The summed E-state index contributed by atoms with van der Waals surface area (Å²) in [6.07, 6.45) is -0.0596. The highest BCUT2D eigenvalue weighted by molar-refractivity contribution is 5.93. The van der Waals surface area contributed by atoms with E-state index in [-0.39, 0.29) is 17.9 Å². The van der Waals surface area contributed by atoms with E-state index in [1.807, 2.05) is 30.3 Å². The Hall–Kier alpha value is -2.14. The van der Waals surface area contributed by atoms with Gasteiger partial charge in [-0.15, -0.1) is 0 Å². The van der Waals surface area contributed by atoms with Crippen molar-refractivity contribution in [1.82, 2.24) is 5.32 Å². The van der Waals surface area contributed by atoms with E-state index < -0.39 is 12.0 Å². The molecule has 4 N–H and O–H groups in total. The van der Waals surface area contributed by atoms with Crippen LogP contribution in [0.2, 0.25) is 0 Å². The number of carbonyl (C=O) groups is 2. The zero-order chi connectivity index (χ0) is 13.5. The van der Waals surface area contributed by atoms with Crippen molar-refractivity contribution in [2.24, 2.45) is 5.73 Å². The van der Waals surface area contributed by atoms with Crippen molar-refractivity contribution in [3.63, 3.8) is 0 Å². The van der Waals surface area contributed by atoms with E-state index in [4.69, 9.17) is 10.8 Å². The van der Waals surface area contributed by atoms with Gasteiger partial charge < -0.3 is 16.2 Å². The Balaban J connectivity index is 2.41. The molecular formula is C13H16N2O3. The maximum absolute atomic E-state index is 11.6. The van der Waals surface area contributed by atoms with Gasteiger partial charge in [-0.1, -0.05) is 36.9 Å². The molecule has 0 heterocycles. The zero-order valence-electron chi connectivity index (χ0n) is 9.93. The average molecular weight is 248 g/mol. The minimum Gasteiger partial charge on any atom is -0.480 e. The molecule has 96 valence electrons. The summed E-state index contributed by atoms with van der Waals surface area (Å²) in [5.74, 6) is -1.53. The second-order valence-corrected chi connectivity index (χ2v) is 3.92. The van der Waals surface area contributed by atoms with Crippen LogP contribution in [0.5, 0.6) is 0 Å². The summed E-state index contributed by atoms with van der Waals surface area (Å²) in [6, 6.07) is 8.29. The number of nitrogens with two attached hydrogens (primary N) is 1. The molecule has 5 heteroatoms. The third-order valence-electron chi connectivity index (χ3n) is 2.40. The normalized spacial score (nSPS) is 11.6. The Morgan fingerprint density at radius 1 is 1.33 bits per heavy atom. The third kappa shape index (κ3) is 4.39. The maximum atomic E-state index is 11.6. The van der Waals surface area contributed by atoms with Gasteiger partial charge in [0.05, 0.1) is 0 Å². The summed E-state index contributed by atoms with van der Waals surface area (Å²) < 4.78 is 0. The van der Waals surface area contributed by atoms with Crippen molar-refractivity contribution in [3.05, 3.63) is 48.0 Å². The third-order valence-corrected chi connectivity index (χ3v) is 2.40. The van der Waals surface area contributed by atoms with Gasteiger partial charge in [0.2, 0.25) is 5.91 Å². The summed E-state index contributed by atoms with van der Waals surface area (Å²) in [4.78, 5) is 22.2. The molecule has 0 bridgehead atoms. The van der Waals surface area contributed by atoms with Gasteiger partial charge >= 0.3 is 5.97 Å². The van der Waals surface area contributed by atoms with E-state index in [1.165, 1.54) is 0 Å². The Morgan fingerprint density at radius 2 is 1.94 bits per heavy atom. The van der Waals surface area contributed by atoms with Crippen LogP contribution in [0.25, 0.3) is 0 Å². The van der Waals surface area contributed by atoms with Crippen molar-refractivity contribution < 1.29 is 14.7 Å². The first-order valence-corrected chi connectivity index (χ1v) is 5.49. The second-order valence-electron chi connectivity index (χ2n) is 3.92. The smallest absolute Gasteiger partial charge is 0.320 e. The van der Waals surface area contributed by atoms with Crippen LogP contribution in [-0.2, 0) is 16.1 Å². The van der Waals surface area contributed by atoms with Crippen LogP contribution in [0, 0.1) is 0 Å². The molecule has 1 rings (SSSR count). The van der Waals surface area contributed by atoms with E-state index in [0.29, 0.717) is 6.54 Å². The summed E-state index contributed by atoms with van der Waals surface area (Å²) in [5.41, 5.74) is 6.45. The lowest BCUT2D eigenvalue weighted by Gasteiger charge is -2.10. The fourth-order valence-electron chi connectivity index (χ4n) is 1.35. The average Bonchev–Trinajstić information content (AvgIpc) is 2.36. The predicted molar refractivity (Wildman–Crippen MR) is 67.7 cm³/mol. The van der Waals surface area contributed by atoms with E-state index in [0.717, 1.165) is 5.56 Å². The predicted octanol–water partition coefficient (Wildman–Crippen LogP) is 0.661. The summed E-state index contributed by atoms with van der Waals surface area (Å²) in [6.45, 7) is 3.91. The number of aliphatic carboxylic acids is 1. The molecule has 0 radical (unpaired) electrons. The number of carboxylic acid groups (broad SMARTS) is 1. The van der Waals surface area contributed by atoms with Gasteiger partial charge in [-0.2, -0.15) is 0 Å². The number of carboxylic acids is 1. The first-order valence-electron chi connectivity index (χ1n) is 5.49. The number of amides is 1. The van der Waals surface area contributed by atoms with Gasteiger partial charge in [0, 0.05) is 18.5 Å². The fraction of sp³-hybridized carbons (Fsp3) is 0.231. The van der Waals surface area contributed by atoms with Gasteiger partial charge in [0.25, 0.3) is 0 Å². The molecule has 0 unspecified atom stereocenters. The first-order chi connectivity index (χ1) is 8.50. The van der Waals surface area contributed by atoms with Crippen molar-refractivity contribution in [3.8, 4) is 0 Å². The molecule has 0 saturated heterocycles. The molecule has 1 atom stereocenters. The quantitative estimate of drug-likeness (QED) is 0.645. The molecule has 0 fully saturated rings. The second kappa shape index (κ2) is 6.56. The minimum absolute atomic E-state index is 0.0596. The number of hydrogen-bond acceptors (Lipinski definition) is 3. The van der Waals surface area contributed by atoms with Crippen LogP contribution in [0.15, 0.2) is 42.5 Å². The Kier molecular flexibility index (Phi) is 5.07. The highest BCUT2D eigenvalue weighted by atomic mass is 16.4. The molecule has 5 nitrogen and oxygen atoms in total. The molecule has 0 spiro atoms. The molecule has 0 aliphatic rings. The fourth-order valence-corrected chi connectivity index (χ4v) is 1.35. The topological polar surface area (TPSA) is 92.4 Å². The van der Waals surface area contributed by atoms with E-state index >= 15 is 0 Å². The monoisotopic (exact) mass is 248 g/mol. The molecule has 0 aromatic heterocycles. The van der Waals surface area contributed by atoms with Gasteiger partial charge in [-0.3, -0.25) is 9.59 Å². The largest absolute Gasteiger partial charge is 0.480 e. The number of hydrogen-bond donors (Lipinski definition) is 3. The maximum Gasteiger partial charge on any atom is 0.320 e. The van der Waals surface area contributed by atoms with E-state index in [9.17, 15) is 9.59 Å². The summed E-state index contributed by atoms with van der Waals surface area (Å²) in [7, 11) is 0. The van der Waals surface area contributed by atoms with Gasteiger partial charge in [0.15, 0.2) is 0 Å². The van der Waals surface area contributed by atoms with Crippen LogP contribution in [0.1, 0.15) is 12.0 Å². The van der Waals surface area contributed by atoms with Crippen molar-refractivity contribution >= 4 is 11.9 Å². The van der Waals surface area contributed by atoms with Crippen molar-refractivity contribution in [2.75, 3.05) is 0 Å². The lowest BCUT2D eigenvalue weighted by atomic mass is 10.1. The number of carbonyl (C=O) groups excluding carboxylic acids is 1. The van der Waals surface area contributed by atoms with Gasteiger partial charge in [-0.05, 0) is 5.56 Å². The Bertz CT molecular complexity index is 443. The Morgan fingerprint density at radius 3 is 2.50 bits per heavy atom. The molecule has 0 saturated carbocycles. The minimum atomic E-state index is -1.15. The molecule has 1 aromatic carbocycles. The van der Waals surface area contributed by atoms with Crippen LogP contribution in [0.3, 0.4) is 0 Å². The number of benzene rings is 1. The Labute approximate surface area is 105 Å². The van der Waals surface area contributed by atoms with Crippen molar-refractivity contribution in [1.29, 1.82) is 0 Å². The summed E-state index contributed by atoms with van der Waals surface area (Å²) >= 11 is 0. The molecule has 0 aliphatic carbocycles. The molecule has 1 aromatic rings.